The maximum Gasteiger partial charge on any atom is 0.414 e. The molecule has 1 aliphatic heterocycles. The molecule has 0 bridgehead atoms. The molecule has 3 atom stereocenters. The van der Waals surface area contributed by atoms with Crippen molar-refractivity contribution in [3.8, 4) is 11.1 Å². The first-order valence-electron chi connectivity index (χ1n) is 18.6. The molecular formula is C43H46N4O10. The molecule has 57 heavy (non-hydrogen) atoms. The largest absolute Gasteiger partial charge is 0.467 e. The molecule has 0 unspecified atom stereocenters. The Morgan fingerprint density at radius 1 is 0.702 bits per heavy atom. The number of methoxy groups -OCH3 is 1. The van der Waals surface area contributed by atoms with E-state index in [1.807, 2.05) is 72.8 Å². The number of carbonyl (C=O) groups excluding carboxylic acids is 4. The molecule has 3 N–H and O–H groups in total. The second kappa shape index (κ2) is 19.1. The number of fused-ring (bicyclic) bond motifs is 3. The molecule has 1 aliphatic carbocycles. The van der Waals surface area contributed by atoms with Crippen LogP contribution in [0.15, 0.2) is 114 Å². The van der Waals surface area contributed by atoms with Gasteiger partial charge >= 0.3 is 24.2 Å². The zero-order chi connectivity index (χ0) is 40.2. The summed E-state index contributed by atoms with van der Waals surface area (Å²) in [4.78, 5) is 56.3. The Labute approximate surface area is 330 Å². The lowest BCUT2D eigenvalue weighted by molar-refractivity contribution is -0.168. The van der Waals surface area contributed by atoms with E-state index in [1.165, 1.54) is 7.11 Å². The number of aliphatic imine (C=N–C) groups is 1. The summed E-state index contributed by atoms with van der Waals surface area (Å²) >= 11 is 0. The van der Waals surface area contributed by atoms with E-state index in [4.69, 9.17) is 28.4 Å². The lowest BCUT2D eigenvalue weighted by atomic mass is 9.98. The van der Waals surface area contributed by atoms with Crippen LogP contribution in [0, 0.1) is 0 Å². The number of esters is 1. The number of benzene rings is 4. The first-order chi connectivity index (χ1) is 27.6. The average Bonchev–Trinajstić information content (AvgIpc) is 3.73. The van der Waals surface area contributed by atoms with Crippen molar-refractivity contribution in [2.75, 3.05) is 20.3 Å². The summed E-state index contributed by atoms with van der Waals surface area (Å²) in [6, 6.07) is 33.4. The Bertz CT molecular complexity index is 1940. The van der Waals surface area contributed by atoms with Gasteiger partial charge in [-0.15, -0.1) is 0 Å². The molecule has 4 aromatic carbocycles. The van der Waals surface area contributed by atoms with Crippen LogP contribution in [0.1, 0.15) is 54.9 Å². The summed E-state index contributed by atoms with van der Waals surface area (Å²) in [5, 5.41) is 7.83. The molecule has 3 amide bonds. The first-order valence-corrected chi connectivity index (χ1v) is 18.6. The van der Waals surface area contributed by atoms with Gasteiger partial charge in [-0.1, -0.05) is 109 Å². The highest BCUT2D eigenvalue weighted by atomic mass is 16.8. The standard InChI is InChI=1S/C43H46N4O10/c1-43(2)56-36(37(57-43)38(48)52-3)35(45-40(49)55-27-34-32-21-12-10-19-30(32)31-20-11-13-22-33(31)34)23-14-24-44-39(46-41(50)53-25-28-15-6-4-7-16-28)47-42(51)54-26-29-17-8-5-9-18-29/h4-13,15-22,34-37H,14,23-27H2,1-3H3,(H,45,49)(H2,44,46,47,50,51)/t35-,36+,37+/m0/s1. The monoisotopic (exact) mass is 778 g/mol. The highest BCUT2D eigenvalue weighted by Gasteiger charge is 2.49. The van der Waals surface area contributed by atoms with Crippen molar-refractivity contribution in [1.82, 2.24) is 16.0 Å². The fourth-order valence-corrected chi connectivity index (χ4v) is 6.82. The smallest absolute Gasteiger partial charge is 0.414 e. The van der Waals surface area contributed by atoms with Gasteiger partial charge in [0, 0.05) is 12.5 Å². The van der Waals surface area contributed by atoms with Crippen molar-refractivity contribution >= 4 is 30.2 Å². The zero-order valence-corrected chi connectivity index (χ0v) is 32.0. The van der Waals surface area contributed by atoms with Gasteiger partial charge in [-0.25, -0.2) is 19.2 Å². The lowest BCUT2D eigenvalue weighted by Gasteiger charge is -2.27. The second-order valence-corrected chi connectivity index (χ2v) is 13.9. The number of hydrogen-bond acceptors (Lipinski definition) is 11. The number of rotatable bonds is 13. The topological polar surface area (TPSA) is 172 Å². The molecule has 0 spiro atoms. The van der Waals surface area contributed by atoms with E-state index in [-0.39, 0.29) is 51.1 Å². The Morgan fingerprint density at radius 3 is 1.77 bits per heavy atom. The molecule has 1 saturated heterocycles. The maximum absolute atomic E-state index is 13.5. The van der Waals surface area contributed by atoms with Crippen LogP contribution in [0.2, 0.25) is 0 Å². The number of carbonyl (C=O) groups is 4. The van der Waals surface area contributed by atoms with Crippen molar-refractivity contribution < 1.29 is 47.6 Å². The summed E-state index contributed by atoms with van der Waals surface area (Å²) in [5.41, 5.74) is 5.85. The van der Waals surface area contributed by atoms with E-state index in [9.17, 15) is 19.2 Å². The molecule has 0 radical (unpaired) electrons. The van der Waals surface area contributed by atoms with Crippen molar-refractivity contribution in [1.29, 1.82) is 0 Å². The van der Waals surface area contributed by atoms with Crippen molar-refractivity contribution in [2.45, 2.75) is 69.9 Å². The SMILES string of the molecule is COC(=O)[C@@H]1OC(C)(C)O[C@@H]1[C@H](CCCN=C(NC(=O)OCc1ccccc1)NC(=O)OCc1ccccc1)NC(=O)OCC1c2ccccc2-c2ccccc21. The third kappa shape index (κ3) is 11.0. The van der Waals surface area contributed by atoms with Crippen LogP contribution in [0.3, 0.4) is 0 Å². The fraction of sp³-hybridized carbons (Fsp3) is 0.326. The van der Waals surface area contributed by atoms with Crippen LogP contribution in [0.25, 0.3) is 11.1 Å². The number of alkyl carbamates (subject to hydrolysis) is 3. The van der Waals surface area contributed by atoms with Gasteiger partial charge in [0.15, 0.2) is 11.9 Å². The lowest BCUT2D eigenvalue weighted by Crippen LogP contribution is -2.50. The van der Waals surface area contributed by atoms with Crippen molar-refractivity contribution in [3.63, 3.8) is 0 Å². The Balaban J connectivity index is 1.13. The molecule has 0 aromatic heterocycles. The van der Waals surface area contributed by atoms with Crippen LogP contribution in [0.4, 0.5) is 14.4 Å². The fourth-order valence-electron chi connectivity index (χ4n) is 6.82. The Hall–Kier alpha value is -6.25. The number of nitrogens with zero attached hydrogens (tertiary/aromatic N) is 1. The second-order valence-electron chi connectivity index (χ2n) is 13.9. The van der Waals surface area contributed by atoms with E-state index in [2.05, 4.69) is 33.1 Å². The van der Waals surface area contributed by atoms with Gasteiger partial charge in [0.25, 0.3) is 0 Å². The van der Waals surface area contributed by atoms with Crippen LogP contribution < -0.4 is 16.0 Å². The minimum absolute atomic E-state index is 0.0111. The number of nitrogens with one attached hydrogen (secondary N) is 3. The molecule has 1 heterocycles. The summed E-state index contributed by atoms with van der Waals surface area (Å²) in [6.07, 6.45) is -4.01. The molecule has 14 nitrogen and oxygen atoms in total. The Kier molecular flexibility index (Phi) is 13.5. The zero-order valence-electron chi connectivity index (χ0n) is 32.0. The van der Waals surface area contributed by atoms with Crippen molar-refractivity contribution in [2.24, 2.45) is 4.99 Å². The van der Waals surface area contributed by atoms with Gasteiger partial charge in [-0.2, -0.15) is 0 Å². The molecule has 14 heteroatoms. The van der Waals surface area contributed by atoms with Gasteiger partial charge in [0.05, 0.1) is 13.2 Å². The normalized spacial score (nSPS) is 16.9. The van der Waals surface area contributed by atoms with Gasteiger partial charge in [-0.05, 0) is 60.1 Å². The molecule has 0 saturated carbocycles. The van der Waals surface area contributed by atoms with E-state index in [0.717, 1.165) is 33.4 Å². The van der Waals surface area contributed by atoms with Crippen LogP contribution in [-0.2, 0) is 46.4 Å². The first kappa shape index (κ1) is 40.4. The minimum atomic E-state index is -1.16. The summed E-state index contributed by atoms with van der Waals surface area (Å²) < 4.78 is 33.6. The van der Waals surface area contributed by atoms with E-state index in [1.54, 1.807) is 38.1 Å². The number of hydrogen-bond donors (Lipinski definition) is 3. The third-order valence-electron chi connectivity index (χ3n) is 9.42. The van der Waals surface area contributed by atoms with Crippen LogP contribution in [-0.4, -0.2) is 74.5 Å². The summed E-state index contributed by atoms with van der Waals surface area (Å²) in [5.74, 6) is -2.20. The molecule has 1 fully saturated rings. The number of guanidine groups is 1. The molecule has 298 valence electrons. The predicted octanol–water partition coefficient (Wildman–Crippen LogP) is 6.58. The molecule has 4 aromatic rings. The number of ether oxygens (including phenoxy) is 6. The summed E-state index contributed by atoms with van der Waals surface area (Å²) in [7, 11) is 1.24. The quantitative estimate of drug-likeness (QED) is 0.0443. The molecule has 2 aliphatic rings. The minimum Gasteiger partial charge on any atom is -0.467 e. The van der Waals surface area contributed by atoms with Gasteiger partial charge in [-0.3, -0.25) is 15.6 Å². The predicted molar refractivity (Wildman–Crippen MR) is 209 cm³/mol. The molecular weight excluding hydrogens is 732 g/mol. The number of amides is 3. The van der Waals surface area contributed by atoms with E-state index in [0.29, 0.717) is 0 Å². The third-order valence-corrected chi connectivity index (χ3v) is 9.42. The van der Waals surface area contributed by atoms with Crippen LogP contribution >= 0.6 is 0 Å². The molecule has 6 rings (SSSR count). The highest BCUT2D eigenvalue weighted by molar-refractivity contribution is 6.01. The summed E-state index contributed by atoms with van der Waals surface area (Å²) in [6.45, 7) is 3.43. The van der Waals surface area contributed by atoms with E-state index < -0.39 is 48.3 Å². The van der Waals surface area contributed by atoms with Crippen molar-refractivity contribution in [3.05, 3.63) is 131 Å². The van der Waals surface area contributed by atoms with Gasteiger partial charge in [0.2, 0.25) is 5.96 Å². The Morgan fingerprint density at radius 2 is 1.23 bits per heavy atom. The van der Waals surface area contributed by atoms with Crippen LogP contribution in [0.5, 0.6) is 0 Å². The maximum atomic E-state index is 13.5. The van der Waals surface area contributed by atoms with Gasteiger partial charge in [0.1, 0.15) is 25.9 Å². The highest BCUT2D eigenvalue weighted by Crippen LogP contribution is 2.44. The van der Waals surface area contributed by atoms with Gasteiger partial charge < -0.3 is 33.7 Å². The average molecular weight is 779 g/mol. The van der Waals surface area contributed by atoms with E-state index >= 15 is 0 Å².